The molecule has 142 valence electrons. The van der Waals surface area contributed by atoms with Crippen LogP contribution in [0.2, 0.25) is 0 Å². The maximum atomic E-state index is 9.61. The van der Waals surface area contributed by atoms with Gasteiger partial charge in [-0.3, -0.25) is 0 Å². The SMILES string of the molecule is C=C(C#N)C(=O)O.CCCCC(CC)Cc1cccc(-c2ccccc2)c1. The molecular formula is C24H29NO2. The molecule has 1 atom stereocenters. The first-order chi connectivity index (χ1) is 13.0. The van der Waals surface area contributed by atoms with Gasteiger partial charge in [-0.2, -0.15) is 5.26 Å². The van der Waals surface area contributed by atoms with Crippen LogP contribution in [0.5, 0.6) is 0 Å². The summed E-state index contributed by atoms with van der Waals surface area (Å²) in [6.45, 7) is 7.51. The Morgan fingerprint density at radius 2 is 1.78 bits per heavy atom. The molecule has 0 saturated carbocycles. The predicted molar refractivity (Wildman–Crippen MR) is 111 cm³/mol. The fourth-order valence-electron chi connectivity index (χ4n) is 2.83. The van der Waals surface area contributed by atoms with E-state index in [4.69, 9.17) is 10.4 Å². The zero-order valence-electron chi connectivity index (χ0n) is 16.3. The molecule has 2 aromatic rings. The molecular weight excluding hydrogens is 334 g/mol. The second-order valence-electron chi connectivity index (χ2n) is 6.58. The van der Waals surface area contributed by atoms with E-state index in [2.05, 4.69) is 75.0 Å². The quantitative estimate of drug-likeness (QED) is 0.444. The van der Waals surface area contributed by atoms with Gasteiger partial charge in [0, 0.05) is 0 Å². The molecule has 1 unspecified atom stereocenters. The molecule has 27 heavy (non-hydrogen) atoms. The first kappa shape index (κ1) is 22.2. The number of nitriles is 1. The second kappa shape index (κ2) is 12.5. The summed E-state index contributed by atoms with van der Waals surface area (Å²) in [5.41, 5.74) is 3.71. The van der Waals surface area contributed by atoms with E-state index in [0.29, 0.717) is 0 Å². The lowest BCUT2D eigenvalue weighted by Gasteiger charge is -2.15. The Bertz CT molecular complexity index is 759. The van der Waals surface area contributed by atoms with Crippen molar-refractivity contribution in [2.75, 3.05) is 0 Å². The molecule has 0 heterocycles. The first-order valence-electron chi connectivity index (χ1n) is 9.48. The second-order valence-corrected chi connectivity index (χ2v) is 6.58. The molecule has 0 bridgehead atoms. The van der Waals surface area contributed by atoms with E-state index < -0.39 is 11.5 Å². The van der Waals surface area contributed by atoms with E-state index in [1.807, 2.05) is 0 Å². The summed E-state index contributed by atoms with van der Waals surface area (Å²) >= 11 is 0. The Hall–Kier alpha value is -2.86. The van der Waals surface area contributed by atoms with Gasteiger partial charge in [0.25, 0.3) is 0 Å². The van der Waals surface area contributed by atoms with Gasteiger partial charge in [0.1, 0.15) is 11.6 Å². The van der Waals surface area contributed by atoms with Crippen molar-refractivity contribution in [3.63, 3.8) is 0 Å². The third-order valence-corrected chi connectivity index (χ3v) is 4.49. The number of rotatable bonds is 8. The van der Waals surface area contributed by atoms with Gasteiger partial charge in [-0.05, 0) is 29.0 Å². The third-order valence-electron chi connectivity index (χ3n) is 4.49. The van der Waals surface area contributed by atoms with Crippen LogP contribution in [0.4, 0.5) is 0 Å². The van der Waals surface area contributed by atoms with E-state index in [0.717, 1.165) is 5.92 Å². The van der Waals surface area contributed by atoms with E-state index >= 15 is 0 Å². The molecule has 0 aliphatic rings. The highest BCUT2D eigenvalue weighted by Gasteiger charge is 2.08. The van der Waals surface area contributed by atoms with E-state index in [1.54, 1.807) is 0 Å². The highest BCUT2D eigenvalue weighted by molar-refractivity contribution is 5.90. The molecule has 0 saturated heterocycles. The predicted octanol–water partition coefficient (Wildman–Crippen LogP) is 6.26. The number of carbonyl (C=O) groups is 1. The topological polar surface area (TPSA) is 61.1 Å². The highest BCUT2D eigenvalue weighted by atomic mass is 16.4. The minimum Gasteiger partial charge on any atom is -0.477 e. The van der Waals surface area contributed by atoms with E-state index in [9.17, 15) is 4.79 Å². The van der Waals surface area contributed by atoms with Crippen molar-refractivity contribution in [2.24, 2.45) is 5.92 Å². The fraction of sp³-hybridized carbons (Fsp3) is 0.333. The van der Waals surface area contributed by atoms with Crippen molar-refractivity contribution in [3.05, 3.63) is 72.3 Å². The monoisotopic (exact) mass is 363 g/mol. The highest BCUT2D eigenvalue weighted by Crippen LogP contribution is 2.23. The number of carboxylic acids is 1. The fourth-order valence-corrected chi connectivity index (χ4v) is 2.83. The number of hydrogen-bond acceptors (Lipinski definition) is 2. The molecule has 0 radical (unpaired) electrons. The van der Waals surface area contributed by atoms with Crippen LogP contribution in [-0.2, 0) is 11.2 Å². The molecule has 0 spiro atoms. The van der Waals surface area contributed by atoms with E-state index in [1.165, 1.54) is 54.9 Å². The third kappa shape index (κ3) is 8.37. The Morgan fingerprint density at radius 1 is 1.11 bits per heavy atom. The van der Waals surface area contributed by atoms with Crippen LogP contribution in [0, 0.1) is 17.2 Å². The smallest absolute Gasteiger partial charge is 0.345 e. The summed E-state index contributed by atoms with van der Waals surface area (Å²) in [6, 6.07) is 21.1. The van der Waals surface area contributed by atoms with Crippen molar-refractivity contribution < 1.29 is 9.90 Å². The van der Waals surface area contributed by atoms with Crippen molar-refractivity contribution >= 4 is 5.97 Å². The summed E-state index contributed by atoms with van der Waals surface area (Å²) in [7, 11) is 0. The number of unbranched alkanes of at least 4 members (excludes halogenated alkanes) is 1. The maximum absolute atomic E-state index is 9.61. The molecule has 0 aliphatic carbocycles. The van der Waals surface area contributed by atoms with Crippen LogP contribution in [0.25, 0.3) is 11.1 Å². The molecule has 0 amide bonds. The van der Waals surface area contributed by atoms with Crippen molar-refractivity contribution in [1.82, 2.24) is 0 Å². The van der Waals surface area contributed by atoms with Gasteiger partial charge < -0.3 is 5.11 Å². The van der Waals surface area contributed by atoms with Gasteiger partial charge in [-0.15, -0.1) is 0 Å². The number of carboxylic acid groups (broad SMARTS) is 1. The maximum Gasteiger partial charge on any atom is 0.345 e. The number of aliphatic carboxylic acids is 1. The lowest BCUT2D eigenvalue weighted by molar-refractivity contribution is -0.132. The average Bonchev–Trinajstić information content (AvgIpc) is 2.71. The minimum absolute atomic E-state index is 0.431. The number of benzene rings is 2. The summed E-state index contributed by atoms with van der Waals surface area (Å²) in [5.74, 6) is -0.427. The van der Waals surface area contributed by atoms with Gasteiger partial charge in [-0.25, -0.2) is 4.79 Å². The van der Waals surface area contributed by atoms with Crippen LogP contribution in [0.3, 0.4) is 0 Å². The molecule has 0 fully saturated rings. The van der Waals surface area contributed by atoms with Gasteiger partial charge in [0.05, 0.1) is 0 Å². The van der Waals surface area contributed by atoms with Crippen LogP contribution in [0.15, 0.2) is 66.7 Å². The molecule has 0 aliphatic heterocycles. The van der Waals surface area contributed by atoms with Crippen molar-refractivity contribution in [3.8, 4) is 17.2 Å². The molecule has 2 rings (SSSR count). The Balaban J connectivity index is 0.000000445. The van der Waals surface area contributed by atoms with Crippen LogP contribution in [-0.4, -0.2) is 11.1 Å². The van der Waals surface area contributed by atoms with Crippen LogP contribution in [0.1, 0.15) is 45.1 Å². The zero-order valence-corrected chi connectivity index (χ0v) is 16.3. The molecule has 3 nitrogen and oxygen atoms in total. The summed E-state index contributed by atoms with van der Waals surface area (Å²) < 4.78 is 0. The lowest BCUT2D eigenvalue weighted by Crippen LogP contribution is -2.03. The van der Waals surface area contributed by atoms with Crippen LogP contribution < -0.4 is 0 Å². The minimum atomic E-state index is -1.26. The lowest BCUT2D eigenvalue weighted by atomic mass is 9.91. The van der Waals surface area contributed by atoms with Gasteiger partial charge >= 0.3 is 5.97 Å². The zero-order chi connectivity index (χ0) is 20.1. The van der Waals surface area contributed by atoms with Crippen LogP contribution >= 0.6 is 0 Å². The average molecular weight is 364 g/mol. The molecule has 1 N–H and O–H groups in total. The summed E-state index contributed by atoms with van der Waals surface area (Å²) in [5, 5.41) is 15.6. The Kier molecular flexibility index (Phi) is 10.3. The molecule has 0 aromatic heterocycles. The normalized spacial score (nSPS) is 10.9. The Labute approximate surface area is 163 Å². The summed E-state index contributed by atoms with van der Waals surface area (Å²) in [6.07, 6.45) is 6.53. The van der Waals surface area contributed by atoms with Crippen molar-refractivity contribution in [2.45, 2.75) is 46.0 Å². The Morgan fingerprint density at radius 3 is 2.30 bits per heavy atom. The van der Waals surface area contributed by atoms with E-state index in [-0.39, 0.29) is 0 Å². The van der Waals surface area contributed by atoms with Gasteiger partial charge in [0.2, 0.25) is 0 Å². The molecule has 2 aromatic carbocycles. The van der Waals surface area contributed by atoms with Gasteiger partial charge in [-0.1, -0.05) is 101 Å². The van der Waals surface area contributed by atoms with Gasteiger partial charge in [0.15, 0.2) is 0 Å². The van der Waals surface area contributed by atoms with Crippen molar-refractivity contribution in [1.29, 1.82) is 5.26 Å². The number of hydrogen-bond donors (Lipinski definition) is 1. The number of nitrogens with zero attached hydrogens (tertiary/aromatic N) is 1. The summed E-state index contributed by atoms with van der Waals surface area (Å²) in [4.78, 5) is 9.61. The first-order valence-corrected chi connectivity index (χ1v) is 9.48. The standard InChI is InChI=1S/C20H26.C4H3NO2/c1-3-5-10-17(4-2)15-18-11-9-14-20(16-18)19-12-7-6-8-13-19;1-3(2-5)4(6)7/h6-9,11-14,16-17H,3-5,10,15H2,1-2H3;1H2,(H,6,7). The largest absolute Gasteiger partial charge is 0.477 e. The molecule has 3 heteroatoms.